The third kappa shape index (κ3) is 1.30. The topological polar surface area (TPSA) is 0 Å². The summed E-state index contributed by atoms with van der Waals surface area (Å²) < 4.78 is 0. The Morgan fingerprint density at radius 3 is 2.53 bits per heavy atom. The van der Waals surface area contributed by atoms with E-state index in [-0.39, 0.29) is 0 Å². The van der Waals surface area contributed by atoms with Crippen LogP contribution in [0.25, 0.3) is 17.2 Å². The number of aryl methyl sites for hydroxylation is 1. The van der Waals surface area contributed by atoms with Crippen LogP contribution in [0.5, 0.6) is 0 Å². The van der Waals surface area contributed by atoms with Crippen LogP contribution in [0, 0.1) is 0 Å². The van der Waals surface area contributed by atoms with E-state index in [1.165, 1.54) is 40.7 Å². The highest BCUT2D eigenvalue weighted by molar-refractivity contribution is 5.83. The summed E-state index contributed by atoms with van der Waals surface area (Å²) in [7, 11) is 0. The summed E-state index contributed by atoms with van der Waals surface area (Å²) in [6, 6.07) is 15.6. The zero-order valence-corrected chi connectivity index (χ0v) is 9.74. The van der Waals surface area contributed by atoms with Crippen molar-refractivity contribution in [3.63, 3.8) is 0 Å². The summed E-state index contributed by atoms with van der Waals surface area (Å²) in [4.78, 5) is 0. The van der Waals surface area contributed by atoms with E-state index in [2.05, 4.69) is 48.5 Å². The molecular weight excluding hydrogens is 204 g/mol. The maximum absolute atomic E-state index is 2.42. The molecular formula is C17H14. The fraction of sp³-hybridized carbons (Fsp3) is 0.176. The quantitative estimate of drug-likeness (QED) is 0.620. The van der Waals surface area contributed by atoms with Gasteiger partial charge < -0.3 is 0 Å². The summed E-state index contributed by atoms with van der Waals surface area (Å²) in [5.74, 6) is 0. The normalized spacial score (nSPS) is 15.9. The molecule has 0 aliphatic heterocycles. The molecule has 0 fully saturated rings. The Morgan fingerprint density at radius 2 is 1.53 bits per heavy atom. The van der Waals surface area contributed by atoms with Crippen molar-refractivity contribution < 1.29 is 0 Å². The van der Waals surface area contributed by atoms with E-state index in [1.807, 2.05) is 0 Å². The minimum atomic E-state index is 1.16. The SMILES string of the molecule is C1=C2CCc3ccccc3-c3cccc(c31)C2. The van der Waals surface area contributed by atoms with Crippen molar-refractivity contribution in [3.8, 4) is 11.1 Å². The Balaban J connectivity index is 2.07. The van der Waals surface area contributed by atoms with Gasteiger partial charge in [0.1, 0.15) is 0 Å². The van der Waals surface area contributed by atoms with Gasteiger partial charge in [-0.25, -0.2) is 0 Å². The molecule has 0 heteroatoms. The van der Waals surface area contributed by atoms with Crippen LogP contribution in [0.3, 0.4) is 0 Å². The first-order valence-corrected chi connectivity index (χ1v) is 6.31. The first-order valence-electron chi connectivity index (χ1n) is 6.31. The lowest BCUT2D eigenvalue weighted by atomic mass is 9.91. The van der Waals surface area contributed by atoms with Crippen molar-refractivity contribution in [1.82, 2.24) is 0 Å². The van der Waals surface area contributed by atoms with Gasteiger partial charge in [0, 0.05) is 0 Å². The lowest BCUT2D eigenvalue weighted by Crippen LogP contribution is -1.94. The molecule has 2 aliphatic carbocycles. The molecule has 0 spiro atoms. The lowest BCUT2D eigenvalue weighted by Gasteiger charge is -2.13. The second-order valence-corrected chi connectivity index (χ2v) is 5.01. The molecule has 2 aliphatic rings. The van der Waals surface area contributed by atoms with E-state index >= 15 is 0 Å². The molecule has 17 heavy (non-hydrogen) atoms. The van der Waals surface area contributed by atoms with Crippen LogP contribution < -0.4 is 0 Å². The second kappa shape index (κ2) is 3.33. The van der Waals surface area contributed by atoms with Crippen LogP contribution in [-0.4, -0.2) is 0 Å². The molecule has 2 aromatic rings. The van der Waals surface area contributed by atoms with Crippen LogP contribution in [0.1, 0.15) is 23.1 Å². The highest BCUT2D eigenvalue weighted by atomic mass is 14.2. The van der Waals surface area contributed by atoms with Gasteiger partial charge in [0.2, 0.25) is 0 Å². The molecule has 2 bridgehead atoms. The first-order chi connectivity index (χ1) is 8.42. The molecule has 0 saturated carbocycles. The fourth-order valence-corrected chi connectivity index (χ4v) is 3.13. The number of hydrogen-bond donors (Lipinski definition) is 0. The van der Waals surface area contributed by atoms with Gasteiger partial charge in [-0.3, -0.25) is 0 Å². The maximum Gasteiger partial charge on any atom is -0.00575 e. The van der Waals surface area contributed by atoms with Crippen molar-refractivity contribution in [2.75, 3.05) is 0 Å². The van der Waals surface area contributed by atoms with Gasteiger partial charge in [-0.2, -0.15) is 0 Å². The predicted molar refractivity (Wildman–Crippen MR) is 71.9 cm³/mol. The van der Waals surface area contributed by atoms with Crippen LogP contribution >= 0.6 is 0 Å². The Bertz CT molecular complexity index is 632. The van der Waals surface area contributed by atoms with Gasteiger partial charge in [0.25, 0.3) is 0 Å². The molecule has 4 rings (SSSR count). The summed E-state index contributed by atoms with van der Waals surface area (Å²) in [5, 5.41) is 0. The Kier molecular flexibility index (Phi) is 1.81. The van der Waals surface area contributed by atoms with Gasteiger partial charge in [0.15, 0.2) is 0 Å². The Hall–Kier alpha value is -1.82. The van der Waals surface area contributed by atoms with E-state index < -0.39 is 0 Å². The molecule has 0 aromatic heterocycles. The van der Waals surface area contributed by atoms with Gasteiger partial charge in [-0.15, -0.1) is 0 Å². The highest BCUT2D eigenvalue weighted by Gasteiger charge is 2.20. The van der Waals surface area contributed by atoms with E-state index in [4.69, 9.17) is 0 Å². The third-order valence-corrected chi connectivity index (χ3v) is 3.99. The van der Waals surface area contributed by atoms with E-state index in [0.717, 1.165) is 6.42 Å². The maximum atomic E-state index is 2.42. The van der Waals surface area contributed by atoms with Crippen LogP contribution in [0.4, 0.5) is 0 Å². The van der Waals surface area contributed by atoms with Gasteiger partial charge in [-0.05, 0) is 47.1 Å². The number of allylic oxidation sites excluding steroid dienone is 1. The number of rotatable bonds is 0. The zero-order valence-electron chi connectivity index (χ0n) is 9.74. The predicted octanol–water partition coefficient (Wildman–Crippen LogP) is 4.24. The average Bonchev–Trinajstić information content (AvgIpc) is 2.77. The van der Waals surface area contributed by atoms with E-state index in [1.54, 1.807) is 5.57 Å². The Labute approximate surface area is 102 Å². The van der Waals surface area contributed by atoms with Crippen molar-refractivity contribution >= 4 is 6.08 Å². The molecule has 0 heterocycles. The standard InChI is InChI=1S/C17H14/c1-2-6-15-13(4-1)9-8-12-10-14-5-3-7-16(15)17(14)11-12/h1-7,11H,8-10H2. The van der Waals surface area contributed by atoms with Crippen molar-refractivity contribution in [2.24, 2.45) is 0 Å². The monoisotopic (exact) mass is 218 g/mol. The summed E-state index contributed by atoms with van der Waals surface area (Å²) in [5.41, 5.74) is 8.93. The van der Waals surface area contributed by atoms with Gasteiger partial charge in [-0.1, -0.05) is 54.1 Å². The van der Waals surface area contributed by atoms with Gasteiger partial charge in [0.05, 0.1) is 0 Å². The average molecular weight is 218 g/mol. The first kappa shape index (κ1) is 9.23. The summed E-state index contributed by atoms with van der Waals surface area (Å²) in [6.07, 6.45) is 5.98. The molecule has 0 nitrogen and oxygen atoms in total. The molecule has 0 unspecified atom stereocenters. The molecule has 0 radical (unpaired) electrons. The lowest BCUT2D eigenvalue weighted by molar-refractivity contribution is 0.921. The minimum absolute atomic E-state index is 1.16. The molecule has 0 amide bonds. The molecule has 2 aromatic carbocycles. The van der Waals surface area contributed by atoms with Crippen LogP contribution in [-0.2, 0) is 12.8 Å². The van der Waals surface area contributed by atoms with Crippen molar-refractivity contribution in [3.05, 3.63) is 64.7 Å². The van der Waals surface area contributed by atoms with Gasteiger partial charge >= 0.3 is 0 Å². The molecule has 0 saturated heterocycles. The number of hydrogen-bond acceptors (Lipinski definition) is 0. The summed E-state index contributed by atoms with van der Waals surface area (Å²) >= 11 is 0. The number of fused-ring (bicyclic) bond motifs is 2. The molecule has 82 valence electrons. The van der Waals surface area contributed by atoms with Crippen molar-refractivity contribution in [1.29, 1.82) is 0 Å². The van der Waals surface area contributed by atoms with Crippen molar-refractivity contribution in [2.45, 2.75) is 19.3 Å². The largest absolute Gasteiger partial charge is 0.0649 e. The smallest absolute Gasteiger partial charge is 0.00575 e. The zero-order chi connectivity index (χ0) is 11.2. The Morgan fingerprint density at radius 1 is 0.706 bits per heavy atom. The van der Waals surface area contributed by atoms with Crippen LogP contribution in [0.2, 0.25) is 0 Å². The van der Waals surface area contributed by atoms with E-state index in [9.17, 15) is 0 Å². The second-order valence-electron chi connectivity index (χ2n) is 5.01. The molecule has 0 N–H and O–H groups in total. The third-order valence-electron chi connectivity index (χ3n) is 3.99. The number of benzene rings is 2. The minimum Gasteiger partial charge on any atom is -0.0649 e. The fourth-order valence-electron chi connectivity index (χ4n) is 3.13. The highest BCUT2D eigenvalue weighted by Crippen LogP contribution is 2.39. The van der Waals surface area contributed by atoms with E-state index in [0.29, 0.717) is 0 Å². The van der Waals surface area contributed by atoms with Crippen LogP contribution in [0.15, 0.2) is 48.0 Å². The molecule has 0 atom stereocenters. The summed E-state index contributed by atoms with van der Waals surface area (Å²) in [6.45, 7) is 0.